The van der Waals surface area contributed by atoms with Crippen molar-refractivity contribution in [3.63, 3.8) is 0 Å². The van der Waals surface area contributed by atoms with Crippen LogP contribution in [0.5, 0.6) is 0 Å². The van der Waals surface area contributed by atoms with Crippen LogP contribution in [0, 0.1) is 0 Å². The van der Waals surface area contributed by atoms with Crippen molar-refractivity contribution in [2.45, 2.75) is 6.04 Å². The first kappa shape index (κ1) is 11.3. The number of benzene rings is 1. The van der Waals surface area contributed by atoms with Gasteiger partial charge in [0.25, 0.3) is 0 Å². The van der Waals surface area contributed by atoms with E-state index >= 15 is 0 Å². The number of nitrogens with one attached hydrogen (secondary N) is 2. The molecule has 5 N–H and O–H groups in total. The van der Waals surface area contributed by atoms with Crippen molar-refractivity contribution in [1.82, 2.24) is 5.32 Å². The maximum absolute atomic E-state index is 10.7. The predicted octanol–water partition coefficient (Wildman–Crippen LogP) is 0.353. The molecule has 15 heavy (non-hydrogen) atoms. The standard InChI is InChI=1S/C10H15N3O2/c1-12-9(10(14)15)6-13-8-5-3-2-4-7(8)11/h2-5,9,12-13H,6,11H2,1H3,(H,14,15)/t9-/m0/s1. The fourth-order valence-electron chi connectivity index (χ4n) is 1.18. The zero-order valence-electron chi connectivity index (χ0n) is 8.53. The van der Waals surface area contributed by atoms with Crippen LogP contribution < -0.4 is 16.4 Å². The Balaban J connectivity index is 2.56. The first-order valence-corrected chi connectivity index (χ1v) is 4.63. The van der Waals surface area contributed by atoms with Crippen LogP contribution in [0.4, 0.5) is 11.4 Å². The van der Waals surface area contributed by atoms with E-state index in [2.05, 4.69) is 10.6 Å². The molecule has 0 saturated carbocycles. The number of carboxylic acid groups (broad SMARTS) is 1. The molecule has 0 heterocycles. The molecule has 1 rings (SSSR count). The van der Waals surface area contributed by atoms with E-state index in [0.717, 1.165) is 5.69 Å². The van der Waals surface area contributed by atoms with Gasteiger partial charge < -0.3 is 21.5 Å². The summed E-state index contributed by atoms with van der Waals surface area (Å²) in [6.07, 6.45) is 0. The highest BCUT2D eigenvalue weighted by Gasteiger charge is 2.14. The number of carbonyl (C=O) groups is 1. The molecule has 0 aliphatic heterocycles. The van der Waals surface area contributed by atoms with Crippen LogP contribution in [0.25, 0.3) is 0 Å². The summed E-state index contributed by atoms with van der Waals surface area (Å²) in [5.41, 5.74) is 7.05. The highest BCUT2D eigenvalue weighted by atomic mass is 16.4. The molecule has 0 aliphatic rings. The van der Waals surface area contributed by atoms with Crippen LogP contribution in [0.1, 0.15) is 0 Å². The Kier molecular flexibility index (Phi) is 3.93. The van der Waals surface area contributed by atoms with Gasteiger partial charge in [0, 0.05) is 6.54 Å². The summed E-state index contributed by atoms with van der Waals surface area (Å²) in [4.78, 5) is 10.7. The van der Waals surface area contributed by atoms with Gasteiger partial charge in [-0.1, -0.05) is 12.1 Å². The van der Waals surface area contributed by atoms with Crippen LogP contribution in [-0.4, -0.2) is 30.7 Å². The summed E-state index contributed by atoms with van der Waals surface area (Å²) in [5.74, 6) is -0.889. The summed E-state index contributed by atoms with van der Waals surface area (Å²) in [7, 11) is 1.61. The third-order valence-corrected chi connectivity index (χ3v) is 2.10. The lowest BCUT2D eigenvalue weighted by Crippen LogP contribution is -2.39. The number of para-hydroxylation sites is 2. The molecule has 0 saturated heterocycles. The molecular formula is C10H15N3O2. The Morgan fingerprint density at radius 3 is 2.73 bits per heavy atom. The van der Waals surface area contributed by atoms with E-state index in [9.17, 15) is 4.79 Å². The van der Waals surface area contributed by atoms with Crippen molar-refractivity contribution in [3.8, 4) is 0 Å². The summed E-state index contributed by atoms with van der Waals surface area (Å²) in [6.45, 7) is 0.292. The summed E-state index contributed by atoms with van der Waals surface area (Å²) in [5, 5.41) is 14.5. The van der Waals surface area contributed by atoms with Gasteiger partial charge in [-0.3, -0.25) is 4.79 Å². The number of hydrogen-bond acceptors (Lipinski definition) is 4. The normalized spacial score (nSPS) is 12.1. The van der Waals surface area contributed by atoms with Crippen LogP contribution in [0.2, 0.25) is 0 Å². The molecule has 1 aromatic carbocycles. The number of aliphatic carboxylic acids is 1. The number of anilines is 2. The quantitative estimate of drug-likeness (QED) is 0.526. The molecule has 0 spiro atoms. The minimum absolute atomic E-state index is 0.292. The van der Waals surface area contributed by atoms with Crippen LogP contribution in [0.3, 0.4) is 0 Å². The average Bonchev–Trinajstić information content (AvgIpc) is 2.21. The van der Waals surface area contributed by atoms with Gasteiger partial charge in [0.15, 0.2) is 0 Å². The summed E-state index contributed by atoms with van der Waals surface area (Å²) >= 11 is 0. The highest BCUT2D eigenvalue weighted by molar-refractivity contribution is 5.75. The molecule has 0 unspecified atom stereocenters. The number of rotatable bonds is 5. The molecule has 0 radical (unpaired) electrons. The molecule has 0 bridgehead atoms. The van der Waals surface area contributed by atoms with Crippen LogP contribution in [-0.2, 0) is 4.79 Å². The minimum Gasteiger partial charge on any atom is -0.480 e. The number of nitrogen functional groups attached to an aromatic ring is 1. The third kappa shape index (κ3) is 3.14. The zero-order valence-corrected chi connectivity index (χ0v) is 8.53. The molecule has 0 aliphatic carbocycles. The van der Waals surface area contributed by atoms with E-state index in [1.165, 1.54) is 0 Å². The summed E-state index contributed by atoms with van der Waals surface area (Å²) < 4.78 is 0. The second-order valence-corrected chi connectivity index (χ2v) is 3.15. The Bertz CT molecular complexity index is 341. The van der Waals surface area contributed by atoms with Crippen molar-refractivity contribution >= 4 is 17.3 Å². The van der Waals surface area contributed by atoms with Gasteiger partial charge >= 0.3 is 5.97 Å². The van der Waals surface area contributed by atoms with Gasteiger partial charge in [-0.25, -0.2) is 0 Å². The topological polar surface area (TPSA) is 87.4 Å². The summed E-state index contributed by atoms with van der Waals surface area (Å²) in [6, 6.07) is 6.62. The molecule has 0 amide bonds. The number of likely N-dealkylation sites (N-methyl/N-ethyl adjacent to an activating group) is 1. The van der Waals surface area contributed by atoms with Gasteiger partial charge in [0.1, 0.15) is 6.04 Å². The van der Waals surface area contributed by atoms with Crippen molar-refractivity contribution in [2.24, 2.45) is 0 Å². The number of nitrogens with two attached hydrogens (primary N) is 1. The Hall–Kier alpha value is -1.75. The lowest BCUT2D eigenvalue weighted by Gasteiger charge is -2.14. The highest BCUT2D eigenvalue weighted by Crippen LogP contribution is 2.16. The second kappa shape index (κ2) is 5.21. The van der Waals surface area contributed by atoms with Crippen molar-refractivity contribution < 1.29 is 9.90 Å². The first-order valence-electron chi connectivity index (χ1n) is 4.63. The van der Waals surface area contributed by atoms with E-state index in [1.807, 2.05) is 18.2 Å². The number of hydrogen-bond donors (Lipinski definition) is 4. The monoisotopic (exact) mass is 209 g/mol. The second-order valence-electron chi connectivity index (χ2n) is 3.15. The van der Waals surface area contributed by atoms with E-state index in [-0.39, 0.29) is 0 Å². The van der Waals surface area contributed by atoms with E-state index in [0.29, 0.717) is 12.2 Å². The molecule has 82 valence electrons. The minimum atomic E-state index is -0.889. The largest absolute Gasteiger partial charge is 0.480 e. The molecule has 0 fully saturated rings. The van der Waals surface area contributed by atoms with Gasteiger partial charge in [-0.15, -0.1) is 0 Å². The molecule has 1 atom stereocenters. The Labute approximate surface area is 88.3 Å². The van der Waals surface area contributed by atoms with E-state index < -0.39 is 12.0 Å². The predicted molar refractivity (Wildman–Crippen MR) is 59.8 cm³/mol. The van der Waals surface area contributed by atoms with Gasteiger partial charge in [0.05, 0.1) is 11.4 Å². The maximum Gasteiger partial charge on any atom is 0.322 e. The Morgan fingerprint density at radius 2 is 2.20 bits per heavy atom. The van der Waals surface area contributed by atoms with Crippen molar-refractivity contribution in [1.29, 1.82) is 0 Å². The van der Waals surface area contributed by atoms with E-state index in [4.69, 9.17) is 10.8 Å². The molecule has 0 aromatic heterocycles. The van der Waals surface area contributed by atoms with Gasteiger partial charge in [-0.05, 0) is 19.2 Å². The van der Waals surface area contributed by atoms with Crippen LogP contribution in [0.15, 0.2) is 24.3 Å². The molecule has 5 nitrogen and oxygen atoms in total. The Morgan fingerprint density at radius 1 is 1.53 bits per heavy atom. The van der Waals surface area contributed by atoms with Crippen molar-refractivity contribution in [2.75, 3.05) is 24.6 Å². The number of carboxylic acids is 1. The fourth-order valence-corrected chi connectivity index (χ4v) is 1.18. The smallest absolute Gasteiger partial charge is 0.322 e. The lowest BCUT2D eigenvalue weighted by molar-refractivity contribution is -0.138. The van der Waals surface area contributed by atoms with Crippen LogP contribution >= 0.6 is 0 Å². The SMILES string of the molecule is CN[C@@H](CNc1ccccc1N)C(=O)O. The average molecular weight is 209 g/mol. The van der Waals surface area contributed by atoms with Gasteiger partial charge in [0.2, 0.25) is 0 Å². The molecular weight excluding hydrogens is 194 g/mol. The fraction of sp³-hybridized carbons (Fsp3) is 0.300. The lowest BCUT2D eigenvalue weighted by atomic mass is 10.2. The van der Waals surface area contributed by atoms with E-state index in [1.54, 1.807) is 13.1 Å². The van der Waals surface area contributed by atoms with Gasteiger partial charge in [-0.2, -0.15) is 0 Å². The zero-order chi connectivity index (χ0) is 11.3. The maximum atomic E-state index is 10.7. The van der Waals surface area contributed by atoms with Crippen molar-refractivity contribution in [3.05, 3.63) is 24.3 Å². The first-order chi connectivity index (χ1) is 7.15. The molecule has 5 heteroatoms. The third-order valence-electron chi connectivity index (χ3n) is 2.10. The molecule has 1 aromatic rings.